The fourth-order valence-electron chi connectivity index (χ4n) is 3.97. The van der Waals surface area contributed by atoms with Crippen LogP contribution in [0.15, 0.2) is 36.5 Å². The zero-order chi connectivity index (χ0) is 17.9. The van der Waals surface area contributed by atoms with Crippen molar-refractivity contribution in [1.82, 2.24) is 20.0 Å². The molecule has 6 nitrogen and oxygen atoms in total. The minimum Gasteiger partial charge on any atom is -0.489 e. The molecule has 138 valence electrons. The van der Waals surface area contributed by atoms with Crippen LogP contribution in [-0.4, -0.2) is 52.4 Å². The van der Waals surface area contributed by atoms with Gasteiger partial charge in [-0.2, -0.15) is 5.10 Å². The van der Waals surface area contributed by atoms with Crippen LogP contribution in [-0.2, 0) is 0 Å². The van der Waals surface area contributed by atoms with Crippen molar-refractivity contribution in [3.05, 3.63) is 42.2 Å². The van der Waals surface area contributed by atoms with Crippen LogP contribution in [0.4, 0.5) is 0 Å². The molecule has 1 amide bonds. The largest absolute Gasteiger partial charge is 0.489 e. The van der Waals surface area contributed by atoms with E-state index in [1.165, 1.54) is 0 Å². The normalized spacial score (nSPS) is 22.3. The SMILES string of the molecule is CCCOc1cn(-c2ccccc2)nc1C(=O)N1C2CCNCC1CC2. The van der Waals surface area contributed by atoms with Gasteiger partial charge < -0.3 is 15.0 Å². The fraction of sp³-hybridized carbons (Fsp3) is 0.500. The van der Waals surface area contributed by atoms with Gasteiger partial charge in [0.15, 0.2) is 11.4 Å². The number of nitrogens with one attached hydrogen (secondary N) is 1. The van der Waals surface area contributed by atoms with Gasteiger partial charge in [-0.1, -0.05) is 25.1 Å². The second-order valence-corrected chi connectivity index (χ2v) is 7.06. The van der Waals surface area contributed by atoms with Gasteiger partial charge in [-0.05, 0) is 44.4 Å². The van der Waals surface area contributed by atoms with Crippen LogP contribution in [0.25, 0.3) is 5.69 Å². The van der Waals surface area contributed by atoms with Gasteiger partial charge in [-0.3, -0.25) is 4.79 Å². The molecule has 2 aliphatic heterocycles. The number of para-hydroxylation sites is 1. The number of nitrogens with zero attached hydrogens (tertiary/aromatic N) is 3. The van der Waals surface area contributed by atoms with Crippen molar-refractivity contribution < 1.29 is 9.53 Å². The summed E-state index contributed by atoms with van der Waals surface area (Å²) in [6.07, 6.45) is 5.88. The van der Waals surface area contributed by atoms with Crippen LogP contribution in [0.5, 0.6) is 5.75 Å². The quantitative estimate of drug-likeness (QED) is 0.897. The lowest BCUT2D eigenvalue weighted by molar-refractivity contribution is 0.0669. The van der Waals surface area contributed by atoms with E-state index in [0.717, 1.165) is 44.5 Å². The number of amides is 1. The third-order valence-electron chi connectivity index (χ3n) is 5.25. The predicted molar refractivity (Wildman–Crippen MR) is 99.8 cm³/mol. The van der Waals surface area contributed by atoms with Gasteiger partial charge >= 0.3 is 0 Å². The first-order valence-electron chi connectivity index (χ1n) is 9.59. The summed E-state index contributed by atoms with van der Waals surface area (Å²) in [7, 11) is 0. The third kappa shape index (κ3) is 3.21. The van der Waals surface area contributed by atoms with Crippen molar-refractivity contribution in [2.24, 2.45) is 0 Å². The molecule has 1 N–H and O–H groups in total. The lowest BCUT2D eigenvalue weighted by atomic mass is 10.1. The van der Waals surface area contributed by atoms with Gasteiger partial charge in [0, 0.05) is 18.6 Å². The predicted octanol–water partition coefficient (Wildman–Crippen LogP) is 2.63. The standard InChI is InChI=1S/C20H26N4O2/c1-2-12-26-18-14-23(15-6-4-3-5-7-15)22-19(18)20(25)24-16-8-9-17(24)13-21-11-10-16/h3-7,14,16-17,21H,2,8-13H2,1H3. The molecular formula is C20H26N4O2. The molecule has 2 unspecified atom stereocenters. The molecule has 2 aliphatic rings. The van der Waals surface area contributed by atoms with Crippen LogP contribution < -0.4 is 10.1 Å². The van der Waals surface area contributed by atoms with Gasteiger partial charge in [0.25, 0.3) is 5.91 Å². The molecule has 2 atom stereocenters. The third-order valence-corrected chi connectivity index (χ3v) is 5.25. The zero-order valence-electron chi connectivity index (χ0n) is 15.2. The number of carbonyl (C=O) groups is 1. The second-order valence-electron chi connectivity index (χ2n) is 7.06. The highest BCUT2D eigenvalue weighted by Gasteiger charge is 2.40. The second kappa shape index (κ2) is 7.50. The minimum atomic E-state index is 0.00184. The van der Waals surface area contributed by atoms with Gasteiger partial charge in [0.1, 0.15) is 0 Å². The average molecular weight is 354 g/mol. The first-order valence-corrected chi connectivity index (χ1v) is 9.59. The van der Waals surface area contributed by atoms with E-state index in [1.807, 2.05) is 36.5 Å². The summed E-state index contributed by atoms with van der Waals surface area (Å²) in [6, 6.07) is 10.4. The van der Waals surface area contributed by atoms with Crippen molar-refractivity contribution >= 4 is 5.91 Å². The molecular weight excluding hydrogens is 328 g/mol. The molecule has 26 heavy (non-hydrogen) atoms. The van der Waals surface area contributed by atoms with E-state index in [1.54, 1.807) is 4.68 Å². The molecule has 2 saturated heterocycles. The van der Waals surface area contributed by atoms with Crippen molar-refractivity contribution in [2.45, 2.75) is 44.7 Å². The van der Waals surface area contributed by atoms with Crippen LogP contribution in [0.2, 0.25) is 0 Å². The zero-order valence-corrected chi connectivity index (χ0v) is 15.2. The highest BCUT2D eigenvalue weighted by atomic mass is 16.5. The van der Waals surface area contributed by atoms with Gasteiger partial charge in [0.05, 0.1) is 18.5 Å². The number of ether oxygens (including phenoxy) is 1. The molecule has 0 radical (unpaired) electrons. The molecule has 3 heterocycles. The van der Waals surface area contributed by atoms with E-state index in [2.05, 4.69) is 22.2 Å². The molecule has 6 heteroatoms. The lowest BCUT2D eigenvalue weighted by Crippen LogP contribution is -2.42. The monoisotopic (exact) mass is 354 g/mol. The van der Waals surface area contributed by atoms with Crippen molar-refractivity contribution in [2.75, 3.05) is 19.7 Å². The molecule has 2 bridgehead atoms. The summed E-state index contributed by atoms with van der Waals surface area (Å²) in [4.78, 5) is 15.4. The summed E-state index contributed by atoms with van der Waals surface area (Å²) < 4.78 is 7.62. The molecule has 2 fully saturated rings. The Bertz CT molecular complexity index is 744. The highest BCUT2D eigenvalue weighted by Crippen LogP contribution is 2.31. The molecule has 0 saturated carbocycles. The van der Waals surface area contributed by atoms with Crippen LogP contribution >= 0.6 is 0 Å². The van der Waals surface area contributed by atoms with Crippen LogP contribution in [0.1, 0.15) is 43.1 Å². The van der Waals surface area contributed by atoms with Gasteiger partial charge in [-0.25, -0.2) is 4.68 Å². The summed E-state index contributed by atoms with van der Waals surface area (Å²) in [5.74, 6) is 0.583. The van der Waals surface area contributed by atoms with Crippen molar-refractivity contribution in [3.8, 4) is 11.4 Å². The Morgan fingerprint density at radius 3 is 2.85 bits per heavy atom. The maximum absolute atomic E-state index is 13.4. The highest BCUT2D eigenvalue weighted by molar-refractivity contribution is 5.95. The number of rotatable bonds is 5. The Kier molecular flexibility index (Phi) is 4.93. The molecule has 1 aromatic heterocycles. The van der Waals surface area contributed by atoms with E-state index in [4.69, 9.17) is 4.74 Å². The Labute approximate surface area is 154 Å². The van der Waals surface area contributed by atoms with Crippen molar-refractivity contribution in [1.29, 1.82) is 0 Å². The first kappa shape index (κ1) is 17.1. The maximum atomic E-state index is 13.4. The smallest absolute Gasteiger partial charge is 0.278 e. The van der Waals surface area contributed by atoms with E-state index >= 15 is 0 Å². The van der Waals surface area contributed by atoms with E-state index in [0.29, 0.717) is 24.1 Å². The number of carbonyl (C=O) groups excluding carboxylic acids is 1. The Balaban J connectivity index is 1.67. The lowest BCUT2D eigenvalue weighted by Gasteiger charge is -2.27. The summed E-state index contributed by atoms with van der Waals surface area (Å²) in [5, 5.41) is 8.06. The molecule has 1 aromatic carbocycles. The first-order chi connectivity index (χ1) is 12.8. The van der Waals surface area contributed by atoms with Crippen molar-refractivity contribution in [3.63, 3.8) is 0 Å². The summed E-state index contributed by atoms with van der Waals surface area (Å²) >= 11 is 0. The number of fused-ring (bicyclic) bond motifs is 2. The Hall–Kier alpha value is -2.34. The molecule has 0 spiro atoms. The number of benzene rings is 1. The van der Waals surface area contributed by atoms with Crippen LogP contribution in [0.3, 0.4) is 0 Å². The maximum Gasteiger partial charge on any atom is 0.278 e. The molecule has 4 rings (SSSR count). The van der Waals surface area contributed by atoms with E-state index in [9.17, 15) is 4.79 Å². The summed E-state index contributed by atoms with van der Waals surface area (Å²) in [5.41, 5.74) is 1.36. The van der Waals surface area contributed by atoms with Gasteiger partial charge in [0.2, 0.25) is 0 Å². The van der Waals surface area contributed by atoms with E-state index < -0.39 is 0 Å². The molecule has 0 aliphatic carbocycles. The number of hydrogen-bond acceptors (Lipinski definition) is 4. The van der Waals surface area contributed by atoms with E-state index in [-0.39, 0.29) is 11.9 Å². The number of hydrogen-bond donors (Lipinski definition) is 1. The minimum absolute atomic E-state index is 0.00184. The molecule has 2 aromatic rings. The van der Waals surface area contributed by atoms with Crippen LogP contribution in [0, 0.1) is 0 Å². The fourth-order valence-corrected chi connectivity index (χ4v) is 3.97. The number of aromatic nitrogens is 2. The van der Waals surface area contributed by atoms with Gasteiger partial charge in [-0.15, -0.1) is 0 Å². The topological polar surface area (TPSA) is 59.4 Å². The average Bonchev–Trinajstić information content (AvgIpc) is 3.20. The Morgan fingerprint density at radius 1 is 1.23 bits per heavy atom. The summed E-state index contributed by atoms with van der Waals surface area (Å²) in [6.45, 7) is 4.48. The Morgan fingerprint density at radius 2 is 2.04 bits per heavy atom.